The Balaban J connectivity index is 1.36. The molecule has 158 valence electrons. The van der Waals surface area contributed by atoms with Gasteiger partial charge in [0, 0.05) is 36.0 Å². The normalized spacial score (nSPS) is 14.7. The Kier molecular flexibility index (Phi) is 4.82. The van der Waals surface area contributed by atoms with Gasteiger partial charge in [0.15, 0.2) is 0 Å². The Labute approximate surface area is 180 Å². The molecule has 0 spiro atoms. The molecule has 3 aromatic rings. The lowest BCUT2D eigenvalue weighted by molar-refractivity contribution is 0.267. The van der Waals surface area contributed by atoms with Gasteiger partial charge in [-0.2, -0.15) is 5.10 Å². The number of hydrogen-bond donors (Lipinski definition) is 0. The predicted octanol–water partition coefficient (Wildman–Crippen LogP) is 2.60. The number of methoxy groups -OCH3 is 1. The molecular formula is C22H20N4O4S. The van der Waals surface area contributed by atoms with Gasteiger partial charge in [0.05, 0.1) is 42.8 Å². The third-order valence-electron chi connectivity index (χ3n) is 5.33. The highest BCUT2D eigenvalue weighted by molar-refractivity contribution is 7.91. The summed E-state index contributed by atoms with van der Waals surface area (Å²) in [6.07, 6.45) is 5.48. The summed E-state index contributed by atoms with van der Waals surface area (Å²) in [6.45, 7) is 1.70. The van der Waals surface area contributed by atoms with Crippen molar-refractivity contribution in [1.29, 1.82) is 0 Å². The van der Waals surface area contributed by atoms with Gasteiger partial charge in [-0.15, -0.1) is 0 Å². The maximum atomic E-state index is 13.1. The van der Waals surface area contributed by atoms with Crippen molar-refractivity contribution in [1.82, 2.24) is 15.0 Å². The number of rotatable bonds is 5. The summed E-state index contributed by atoms with van der Waals surface area (Å²) >= 11 is 0. The average Bonchev–Trinajstić information content (AvgIpc) is 3.27. The van der Waals surface area contributed by atoms with Gasteiger partial charge >= 0.3 is 0 Å². The van der Waals surface area contributed by atoms with Gasteiger partial charge in [0.25, 0.3) is 0 Å². The fraction of sp³-hybridized carbons (Fsp3) is 0.227. The van der Waals surface area contributed by atoms with E-state index in [4.69, 9.17) is 9.47 Å². The molecule has 0 fully saturated rings. The maximum Gasteiger partial charge on any atom is 0.216 e. The monoisotopic (exact) mass is 436 g/mol. The Morgan fingerprint density at radius 1 is 1.06 bits per heavy atom. The van der Waals surface area contributed by atoms with E-state index in [1.807, 2.05) is 23.2 Å². The van der Waals surface area contributed by atoms with Crippen LogP contribution in [0.25, 0.3) is 0 Å². The van der Waals surface area contributed by atoms with Crippen molar-refractivity contribution in [2.45, 2.75) is 29.3 Å². The molecule has 0 saturated carbocycles. The van der Waals surface area contributed by atoms with Crippen LogP contribution in [0.1, 0.15) is 22.3 Å². The van der Waals surface area contributed by atoms with E-state index in [2.05, 4.69) is 15.1 Å². The summed E-state index contributed by atoms with van der Waals surface area (Å²) in [4.78, 5) is 8.77. The number of ether oxygens (including phenoxy) is 2. The summed E-state index contributed by atoms with van der Waals surface area (Å²) < 4.78 is 36.7. The van der Waals surface area contributed by atoms with Crippen molar-refractivity contribution in [2.24, 2.45) is 5.10 Å². The number of hydrazone groups is 1. The van der Waals surface area contributed by atoms with E-state index >= 15 is 0 Å². The molecule has 2 aromatic heterocycles. The topological polar surface area (TPSA) is 94.0 Å². The number of fused-ring (bicyclic) bond motifs is 2. The van der Waals surface area contributed by atoms with Gasteiger partial charge in [-0.25, -0.2) is 18.4 Å². The van der Waals surface area contributed by atoms with Crippen LogP contribution in [0.4, 0.5) is 0 Å². The van der Waals surface area contributed by atoms with Crippen LogP contribution in [0.2, 0.25) is 0 Å². The van der Waals surface area contributed by atoms with Crippen LogP contribution in [0.3, 0.4) is 0 Å². The summed E-state index contributed by atoms with van der Waals surface area (Å²) in [5.41, 5.74) is 3.64. The first kappa shape index (κ1) is 19.5. The third-order valence-corrected chi connectivity index (χ3v) is 7.05. The van der Waals surface area contributed by atoms with E-state index in [0.29, 0.717) is 37.9 Å². The van der Waals surface area contributed by atoms with Crippen LogP contribution in [0.5, 0.6) is 11.8 Å². The van der Waals surface area contributed by atoms with Crippen molar-refractivity contribution < 1.29 is 17.9 Å². The average molecular weight is 436 g/mol. The molecule has 4 heterocycles. The van der Waals surface area contributed by atoms with Gasteiger partial charge in [-0.1, -0.05) is 12.1 Å². The van der Waals surface area contributed by atoms with Gasteiger partial charge in [-0.05, 0) is 29.3 Å². The van der Waals surface area contributed by atoms with E-state index in [1.54, 1.807) is 37.7 Å². The maximum absolute atomic E-state index is 13.1. The number of benzene rings is 1. The summed E-state index contributed by atoms with van der Waals surface area (Å²) in [6, 6.07) is 10.6. The molecule has 1 aromatic carbocycles. The molecule has 9 heteroatoms. The molecule has 0 atom stereocenters. The van der Waals surface area contributed by atoms with E-state index in [9.17, 15) is 8.42 Å². The fourth-order valence-corrected chi connectivity index (χ4v) is 4.93. The molecule has 0 aliphatic carbocycles. The molecule has 0 unspecified atom stereocenters. The van der Waals surface area contributed by atoms with Gasteiger partial charge < -0.3 is 9.47 Å². The van der Waals surface area contributed by atoms with Gasteiger partial charge in [0.2, 0.25) is 21.6 Å². The minimum absolute atomic E-state index is 0.179. The third kappa shape index (κ3) is 3.72. The first-order valence-corrected chi connectivity index (χ1v) is 11.3. The van der Waals surface area contributed by atoms with Crippen molar-refractivity contribution in [3.05, 3.63) is 71.0 Å². The van der Waals surface area contributed by atoms with E-state index < -0.39 is 9.84 Å². The second kappa shape index (κ2) is 7.66. The lowest BCUT2D eigenvalue weighted by Crippen LogP contribution is -2.21. The summed E-state index contributed by atoms with van der Waals surface area (Å²) in [7, 11) is -2.10. The fourth-order valence-electron chi connectivity index (χ4n) is 3.64. The molecule has 2 aliphatic heterocycles. The molecule has 8 nitrogen and oxygen atoms in total. The molecule has 0 saturated heterocycles. The molecule has 31 heavy (non-hydrogen) atoms. The Morgan fingerprint density at radius 3 is 2.77 bits per heavy atom. The lowest BCUT2D eigenvalue weighted by Gasteiger charge is -2.24. The van der Waals surface area contributed by atoms with Crippen molar-refractivity contribution in [3.8, 4) is 11.8 Å². The minimum Gasteiger partial charge on any atom is -0.481 e. The quantitative estimate of drug-likeness (QED) is 0.607. The van der Waals surface area contributed by atoms with E-state index in [-0.39, 0.29) is 9.79 Å². The van der Waals surface area contributed by atoms with E-state index in [0.717, 1.165) is 22.3 Å². The lowest BCUT2D eigenvalue weighted by atomic mass is 10.1. The highest BCUT2D eigenvalue weighted by Crippen LogP contribution is 2.29. The second-order valence-corrected chi connectivity index (χ2v) is 9.32. The minimum atomic E-state index is -3.68. The summed E-state index contributed by atoms with van der Waals surface area (Å²) in [5, 5.41) is 6.38. The largest absolute Gasteiger partial charge is 0.481 e. The molecule has 5 rings (SSSR count). The Hall–Kier alpha value is -3.46. The van der Waals surface area contributed by atoms with Crippen molar-refractivity contribution in [2.75, 3.05) is 13.7 Å². The molecule has 2 aliphatic rings. The van der Waals surface area contributed by atoms with Crippen LogP contribution >= 0.6 is 0 Å². The first-order valence-electron chi connectivity index (χ1n) is 9.80. The second-order valence-electron chi connectivity index (χ2n) is 7.37. The highest BCUT2D eigenvalue weighted by Gasteiger charge is 2.24. The van der Waals surface area contributed by atoms with Crippen LogP contribution in [0, 0.1) is 0 Å². The Bertz CT molecular complexity index is 1270. The number of pyridine rings is 2. The summed E-state index contributed by atoms with van der Waals surface area (Å²) in [5.74, 6) is 1.08. The molecule has 0 bridgehead atoms. The number of aromatic nitrogens is 2. The predicted molar refractivity (Wildman–Crippen MR) is 113 cm³/mol. The molecule has 0 amide bonds. The van der Waals surface area contributed by atoms with Crippen LogP contribution in [-0.4, -0.2) is 43.3 Å². The molecule has 0 radical (unpaired) electrons. The van der Waals surface area contributed by atoms with Gasteiger partial charge in [-0.3, -0.25) is 5.01 Å². The van der Waals surface area contributed by atoms with Crippen molar-refractivity contribution in [3.63, 3.8) is 0 Å². The number of nitrogens with zero attached hydrogens (tertiary/aromatic N) is 4. The van der Waals surface area contributed by atoms with E-state index in [1.165, 1.54) is 6.20 Å². The van der Waals surface area contributed by atoms with Gasteiger partial charge in [0.1, 0.15) is 0 Å². The van der Waals surface area contributed by atoms with Crippen LogP contribution in [-0.2, 0) is 29.3 Å². The molecular weight excluding hydrogens is 416 g/mol. The first-order chi connectivity index (χ1) is 15.0. The highest BCUT2D eigenvalue weighted by atomic mass is 32.2. The number of sulfone groups is 1. The van der Waals surface area contributed by atoms with Crippen molar-refractivity contribution >= 4 is 16.1 Å². The smallest absolute Gasteiger partial charge is 0.216 e. The number of hydrogen-bond acceptors (Lipinski definition) is 8. The zero-order valence-electron chi connectivity index (χ0n) is 16.9. The van der Waals surface area contributed by atoms with Crippen LogP contribution < -0.4 is 9.47 Å². The standard InChI is InChI=1S/C22H20N4O4S/c1-29-21-5-2-15(10-23-21)13-26-14-17-3-4-19(9-18(17)11-25-26)31(27,28)20-8-16-6-7-30-22(16)24-12-20/h2-5,8-12H,6-7,13-14H2,1H3. The SMILES string of the molecule is COc1ccc(CN2Cc3ccc(S(=O)(=O)c4cnc5c(c4)CCO5)cc3C=N2)cn1. The Morgan fingerprint density at radius 2 is 1.97 bits per heavy atom. The zero-order chi connectivity index (χ0) is 21.4. The molecule has 0 N–H and O–H groups in total. The van der Waals surface area contributed by atoms with Crippen LogP contribution in [0.15, 0.2) is 63.7 Å². The zero-order valence-corrected chi connectivity index (χ0v) is 17.7.